The fraction of sp³-hybridized carbons (Fsp3) is 0.219. The van der Waals surface area contributed by atoms with Gasteiger partial charge in [0.05, 0.1) is 48.9 Å². The minimum absolute atomic E-state index is 0.299. The summed E-state index contributed by atoms with van der Waals surface area (Å²) in [5, 5.41) is 14.8. The van der Waals surface area contributed by atoms with Gasteiger partial charge >= 0.3 is 0 Å². The second-order valence-corrected chi connectivity index (χ2v) is 11.9. The Morgan fingerprint density at radius 3 is 2.16 bits per heavy atom. The third-order valence-corrected chi connectivity index (χ3v) is 8.74. The summed E-state index contributed by atoms with van der Waals surface area (Å²) in [6.07, 6.45) is 14.3. The van der Waals surface area contributed by atoms with Gasteiger partial charge in [-0.15, -0.1) is 0 Å². The molecular weight excluding hydrogens is 583 g/mol. The number of hydrogen-bond acceptors (Lipinski definition) is 5. The Labute approximate surface area is 237 Å². The van der Waals surface area contributed by atoms with Crippen LogP contribution in [0.25, 0.3) is 5.57 Å². The van der Waals surface area contributed by atoms with Crippen LogP contribution in [-0.2, 0) is 0 Å². The summed E-state index contributed by atoms with van der Waals surface area (Å²) in [5.41, 5.74) is 13.0. The van der Waals surface area contributed by atoms with E-state index in [-0.39, 0.29) is 0 Å². The number of rotatable bonds is 1. The Balaban J connectivity index is 1.66. The van der Waals surface area contributed by atoms with Crippen molar-refractivity contribution < 1.29 is 5.11 Å². The molecule has 1 aromatic rings. The van der Waals surface area contributed by atoms with E-state index in [2.05, 4.69) is 86.0 Å². The number of benzene rings is 1. The molecule has 0 amide bonds. The van der Waals surface area contributed by atoms with Gasteiger partial charge < -0.3 is 10.4 Å². The molecule has 5 nitrogen and oxygen atoms in total. The molecule has 0 aromatic heterocycles. The number of halogens is 1. The quantitative estimate of drug-likeness (QED) is 0.321. The Hall–Kier alpha value is -3.52. The molecule has 6 heteroatoms. The molecule has 0 spiro atoms. The number of allylic oxidation sites excluding steroid dienone is 10. The van der Waals surface area contributed by atoms with Gasteiger partial charge in [-0.3, -0.25) is 0 Å². The third kappa shape index (κ3) is 3.85. The van der Waals surface area contributed by atoms with Crippen LogP contribution in [0.1, 0.15) is 43.0 Å². The number of nitrogens with one attached hydrogen (secondary N) is 1. The number of aliphatic hydroxyl groups is 1. The zero-order chi connectivity index (χ0) is 26.9. The summed E-state index contributed by atoms with van der Waals surface area (Å²) in [6.45, 7) is 12.5. The van der Waals surface area contributed by atoms with Crippen LogP contribution in [-0.4, -0.2) is 22.2 Å². The zero-order valence-electron chi connectivity index (χ0n) is 22.4. The summed E-state index contributed by atoms with van der Waals surface area (Å²) in [5.74, 6) is 0.299. The molecule has 0 saturated heterocycles. The minimum Gasteiger partial charge on any atom is -0.509 e. The maximum Gasteiger partial charge on any atom is 0.128 e. The number of hydrogen-bond donors (Lipinski definition) is 2. The SMILES string of the molecule is CC1=C2C=CC(=N2)C=C2NC(=C(O)C2(C)C)C(I)=C2C=CC(=N2)C(c2c(C)cc(C)cc2C)=C2C=CC1=N2. The lowest BCUT2D eigenvalue weighted by Gasteiger charge is -2.19. The zero-order valence-corrected chi connectivity index (χ0v) is 24.5. The molecule has 38 heavy (non-hydrogen) atoms. The first-order valence-electron chi connectivity index (χ1n) is 12.7. The number of aliphatic hydroxyl groups excluding tert-OH is 1. The largest absolute Gasteiger partial charge is 0.509 e. The summed E-state index contributed by atoms with van der Waals surface area (Å²) in [6, 6.07) is 4.43. The minimum atomic E-state index is -0.581. The molecule has 190 valence electrons. The van der Waals surface area contributed by atoms with Gasteiger partial charge in [-0.25, -0.2) is 15.0 Å². The molecule has 0 radical (unpaired) electrons. The molecule has 0 saturated carbocycles. The topological polar surface area (TPSA) is 69.3 Å². The van der Waals surface area contributed by atoms with E-state index in [0.717, 1.165) is 60.2 Å². The molecule has 0 unspecified atom stereocenters. The molecule has 5 aliphatic heterocycles. The highest BCUT2D eigenvalue weighted by atomic mass is 127. The monoisotopic (exact) mass is 612 g/mol. The Bertz CT molecular complexity index is 1670. The molecule has 0 fully saturated rings. The molecule has 0 atom stereocenters. The fourth-order valence-electron chi connectivity index (χ4n) is 5.54. The predicted octanol–water partition coefficient (Wildman–Crippen LogP) is 7.57. The van der Waals surface area contributed by atoms with Crippen LogP contribution in [0.3, 0.4) is 0 Å². The van der Waals surface area contributed by atoms with E-state index in [9.17, 15) is 5.11 Å². The van der Waals surface area contributed by atoms with Gasteiger partial charge in [0.15, 0.2) is 0 Å². The second kappa shape index (κ2) is 8.76. The third-order valence-electron chi connectivity index (χ3n) is 7.65. The Kier molecular flexibility index (Phi) is 5.72. The van der Waals surface area contributed by atoms with Gasteiger partial charge in [0.25, 0.3) is 0 Å². The lowest BCUT2D eigenvalue weighted by molar-refractivity contribution is 0.301. The highest BCUT2D eigenvalue weighted by Gasteiger charge is 2.39. The van der Waals surface area contributed by atoms with Crippen molar-refractivity contribution in [2.75, 3.05) is 0 Å². The maximum absolute atomic E-state index is 11.3. The first kappa shape index (κ1) is 24.8. The van der Waals surface area contributed by atoms with E-state index < -0.39 is 5.41 Å². The average molecular weight is 613 g/mol. The van der Waals surface area contributed by atoms with Gasteiger partial charge in [0.1, 0.15) is 5.76 Å². The van der Waals surface area contributed by atoms with Gasteiger partial charge in [0, 0.05) is 16.8 Å². The lowest BCUT2D eigenvalue weighted by Crippen LogP contribution is -2.19. The van der Waals surface area contributed by atoms with Crippen LogP contribution in [0, 0.1) is 26.2 Å². The van der Waals surface area contributed by atoms with Crippen LogP contribution in [0.15, 0.2) is 113 Å². The molecule has 5 heterocycles. The first-order chi connectivity index (χ1) is 18.0. The summed E-state index contributed by atoms with van der Waals surface area (Å²) in [7, 11) is 0. The molecular formula is C32H29IN4O. The van der Waals surface area contributed by atoms with E-state index in [4.69, 9.17) is 15.0 Å². The highest BCUT2D eigenvalue weighted by molar-refractivity contribution is 14.1. The standard InChI is InChI=1S/C32H29IN4O/c1-16-13-17(2)27(18(3)14-16)28-23-10-9-22(35-23)19(4)21-8-7-20(34-21)15-26-32(5,6)31(38)30(37-26)29(33)25-12-11-24(28)36-25/h7-15,37-38H,1-6H3. The van der Waals surface area contributed by atoms with Crippen molar-refractivity contribution in [3.05, 3.63) is 120 Å². The van der Waals surface area contributed by atoms with Crippen LogP contribution >= 0.6 is 22.6 Å². The summed E-state index contributed by atoms with van der Waals surface area (Å²) in [4.78, 5) is 15.1. The first-order valence-corrected chi connectivity index (χ1v) is 13.8. The number of aryl methyl sites for hydroxylation is 3. The van der Waals surface area contributed by atoms with Crippen molar-refractivity contribution in [3.8, 4) is 0 Å². The summed E-state index contributed by atoms with van der Waals surface area (Å²) >= 11 is 2.28. The smallest absolute Gasteiger partial charge is 0.128 e. The molecule has 8 bridgehead atoms. The van der Waals surface area contributed by atoms with Crippen LogP contribution in [0.4, 0.5) is 0 Å². The van der Waals surface area contributed by atoms with Crippen molar-refractivity contribution >= 4 is 45.3 Å². The summed E-state index contributed by atoms with van der Waals surface area (Å²) < 4.78 is 0.864. The normalized spacial score (nSPS) is 21.4. The maximum atomic E-state index is 11.3. The number of nitrogens with zero attached hydrogens (tertiary/aromatic N) is 3. The van der Waals surface area contributed by atoms with E-state index in [1.807, 2.05) is 38.2 Å². The van der Waals surface area contributed by atoms with Gasteiger partial charge in [-0.05, 0) is 123 Å². The molecule has 6 rings (SSSR count). The van der Waals surface area contributed by atoms with Crippen molar-refractivity contribution in [2.24, 2.45) is 20.4 Å². The highest BCUT2D eigenvalue weighted by Crippen LogP contribution is 2.44. The second-order valence-electron chi connectivity index (χ2n) is 10.8. The van der Waals surface area contributed by atoms with Gasteiger partial charge in [0.2, 0.25) is 0 Å². The molecule has 2 N–H and O–H groups in total. The number of aliphatic imine (C=N–C) groups is 3. The van der Waals surface area contributed by atoms with Crippen molar-refractivity contribution in [1.29, 1.82) is 0 Å². The van der Waals surface area contributed by atoms with Crippen molar-refractivity contribution in [1.82, 2.24) is 5.32 Å². The van der Waals surface area contributed by atoms with E-state index >= 15 is 0 Å². The Morgan fingerprint density at radius 2 is 1.42 bits per heavy atom. The van der Waals surface area contributed by atoms with E-state index in [1.165, 1.54) is 16.7 Å². The average Bonchev–Trinajstić information content (AvgIpc) is 3.65. The van der Waals surface area contributed by atoms with Crippen molar-refractivity contribution in [2.45, 2.75) is 41.5 Å². The van der Waals surface area contributed by atoms with Gasteiger partial charge in [-0.2, -0.15) is 0 Å². The lowest BCUT2D eigenvalue weighted by atomic mass is 9.88. The van der Waals surface area contributed by atoms with Crippen LogP contribution in [0.2, 0.25) is 0 Å². The van der Waals surface area contributed by atoms with Crippen molar-refractivity contribution in [3.63, 3.8) is 0 Å². The number of fused-ring (bicyclic) bond motifs is 5. The van der Waals surface area contributed by atoms with E-state index in [0.29, 0.717) is 11.5 Å². The molecule has 0 aliphatic carbocycles. The molecule has 1 aromatic carbocycles. The fourth-order valence-corrected chi connectivity index (χ4v) is 6.23. The predicted molar refractivity (Wildman–Crippen MR) is 166 cm³/mol. The van der Waals surface area contributed by atoms with Crippen LogP contribution in [0.5, 0.6) is 0 Å². The Morgan fingerprint density at radius 1 is 0.789 bits per heavy atom. The molecule has 5 aliphatic rings. The van der Waals surface area contributed by atoms with E-state index in [1.54, 1.807) is 0 Å². The van der Waals surface area contributed by atoms with Gasteiger partial charge in [-0.1, -0.05) is 17.7 Å². The van der Waals surface area contributed by atoms with Crippen LogP contribution < -0.4 is 5.32 Å².